The van der Waals surface area contributed by atoms with E-state index in [-0.39, 0.29) is 6.54 Å². The molecule has 164 valence electrons. The molecular weight excluding hydrogens is 390 g/mol. The Morgan fingerprint density at radius 2 is 1.71 bits per heavy atom. The van der Waals surface area contributed by atoms with E-state index >= 15 is 0 Å². The second-order valence-corrected chi connectivity index (χ2v) is 7.55. The van der Waals surface area contributed by atoms with Crippen LogP contribution in [-0.2, 0) is 30.1 Å². The summed E-state index contributed by atoms with van der Waals surface area (Å²) in [6.07, 6.45) is 1.56. The van der Waals surface area contributed by atoms with Crippen molar-refractivity contribution < 1.29 is 14.3 Å². The van der Waals surface area contributed by atoms with Crippen molar-refractivity contribution in [2.24, 2.45) is 4.99 Å². The maximum atomic E-state index is 10.7. The van der Waals surface area contributed by atoms with E-state index in [1.54, 1.807) is 25.3 Å². The van der Waals surface area contributed by atoms with Gasteiger partial charge in [0.2, 0.25) is 0 Å². The lowest BCUT2D eigenvalue weighted by atomic mass is 10.0. The fraction of sp³-hybridized carbons (Fsp3) is 0.320. The third-order valence-corrected chi connectivity index (χ3v) is 4.89. The maximum absolute atomic E-state index is 10.7. The number of furan rings is 1. The number of guanidine groups is 1. The molecule has 0 amide bonds. The van der Waals surface area contributed by atoms with Gasteiger partial charge in [0.1, 0.15) is 11.4 Å². The van der Waals surface area contributed by atoms with Gasteiger partial charge in [0.05, 0.1) is 32.6 Å². The van der Waals surface area contributed by atoms with Gasteiger partial charge in [-0.15, -0.1) is 0 Å². The molecule has 31 heavy (non-hydrogen) atoms. The molecule has 0 aliphatic rings. The van der Waals surface area contributed by atoms with E-state index in [9.17, 15) is 5.11 Å². The highest BCUT2D eigenvalue weighted by Crippen LogP contribution is 2.19. The molecule has 0 spiro atoms. The molecule has 3 aromatic rings. The Kier molecular flexibility index (Phi) is 8.27. The lowest BCUT2D eigenvalue weighted by Crippen LogP contribution is -2.44. The van der Waals surface area contributed by atoms with Gasteiger partial charge in [-0.2, -0.15) is 0 Å². The highest BCUT2D eigenvalue weighted by molar-refractivity contribution is 5.79. The fourth-order valence-corrected chi connectivity index (χ4v) is 3.14. The van der Waals surface area contributed by atoms with Crippen LogP contribution in [0.3, 0.4) is 0 Å². The van der Waals surface area contributed by atoms with Crippen LogP contribution in [0.1, 0.15) is 36.3 Å². The number of nitrogens with one attached hydrogen (secondary N) is 2. The van der Waals surface area contributed by atoms with Crippen LogP contribution in [0.5, 0.6) is 0 Å². The van der Waals surface area contributed by atoms with Crippen molar-refractivity contribution in [3.63, 3.8) is 0 Å². The average molecular weight is 422 g/mol. The molecule has 3 rings (SSSR count). The molecule has 0 saturated heterocycles. The third-order valence-electron chi connectivity index (χ3n) is 4.89. The smallest absolute Gasteiger partial charge is 0.191 e. The first kappa shape index (κ1) is 22.6. The number of hydrogen-bond donors (Lipinski definition) is 3. The van der Waals surface area contributed by atoms with Crippen molar-refractivity contribution in [3.05, 3.63) is 95.4 Å². The molecule has 6 heteroatoms. The molecule has 0 fully saturated rings. The van der Waals surface area contributed by atoms with E-state index in [4.69, 9.17) is 14.1 Å². The van der Waals surface area contributed by atoms with Crippen molar-refractivity contribution in [3.8, 4) is 0 Å². The van der Waals surface area contributed by atoms with E-state index in [2.05, 4.69) is 34.9 Å². The Bertz CT molecular complexity index is 938. The highest BCUT2D eigenvalue weighted by atomic mass is 16.5. The van der Waals surface area contributed by atoms with E-state index in [1.165, 1.54) is 0 Å². The van der Waals surface area contributed by atoms with E-state index in [0.29, 0.717) is 31.5 Å². The SMILES string of the molecule is CCNC(=NCc1ccccc1COCc1ccccc1)NCC(C)(O)c1ccco1. The second kappa shape index (κ2) is 11.3. The number of aliphatic imine (C=N–C) groups is 1. The summed E-state index contributed by atoms with van der Waals surface area (Å²) in [6, 6.07) is 21.8. The summed E-state index contributed by atoms with van der Waals surface area (Å²) < 4.78 is 11.3. The minimum absolute atomic E-state index is 0.272. The van der Waals surface area contributed by atoms with Crippen LogP contribution >= 0.6 is 0 Å². The van der Waals surface area contributed by atoms with Crippen molar-refractivity contribution in [2.45, 2.75) is 39.2 Å². The van der Waals surface area contributed by atoms with Crippen LogP contribution in [0.4, 0.5) is 0 Å². The van der Waals surface area contributed by atoms with Crippen LogP contribution in [0, 0.1) is 0 Å². The van der Waals surface area contributed by atoms with Crippen LogP contribution in [0.25, 0.3) is 0 Å². The molecule has 0 bridgehead atoms. The molecule has 1 atom stereocenters. The van der Waals surface area contributed by atoms with Crippen molar-refractivity contribution in [1.29, 1.82) is 0 Å². The summed E-state index contributed by atoms with van der Waals surface area (Å²) >= 11 is 0. The molecule has 0 aliphatic carbocycles. The molecule has 0 aliphatic heterocycles. The Hall–Kier alpha value is -3.09. The predicted molar refractivity (Wildman–Crippen MR) is 122 cm³/mol. The van der Waals surface area contributed by atoms with E-state index < -0.39 is 5.60 Å². The number of aliphatic hydroxyl groups is 1. The quantitative estimate of drug-likeness (QED) is 0.341. The monoisotopic (exact) mass is 421 g/mol. The van der Waals surface area contributed by atoms with Crippen LogP contribution in [0.2, 0.25) is 0 Å². The molecule has 3 N–H and O–H groups in total. The molecular formula is C25H31N3O3. The largest absolute Gasteiger partial charge is 0.466 e. The molecule has 1 aromatic heterocycles. The Labute approximate surface area is 184 Å². The number of hydrogen-bond acceptors (Lipinski definition) is 4. The molecule has 1 unspecified atom stereocenters. The maximum Gasteiger partial charge on any atom is 0.191 e. The van der Waals surface area contributed by atoms with Gasteiger partial charge in [-0.05, 0) is 42.7 Å². The number of benzene rings is 2. The lowest BCUT2D eigenvalue weighted by Gasteiger charge is -2.22. The summed E-state index contributed by atoms with van der Waals surface area (Å²) in [5.74, 6) is 1.14. The molecule has 2 aromatic carbocycles. The minimum atomic E-state index is -1.14. The Morgan fingerprint density at radius 1 is 0.968 bits per heavy atom. The zero-order valence-electron chi connectivity index (χ0n) is 18.2. The summed E-state index contributed by atoms with van der Waals surface area (Å²) in [5, 5.41) is 17.1. The van der Waals surface area contributed by atoms with Crippen LogP contribution in [-0.4, -0.2) is 24.2 Å². The average Bonchev–Trinajstić information content (AvgIpc) is 3.33. The topological polar surface area (TPSA) is 79.0 Å². The normalized spacial score (nSPS) is 13.6. The van der Waals surface area contributed by atoms with Crippen molar-refractivity contribution >= 4 is 5.96 Å². The lowest BCUT2D eigenvalue weighted by molar-refractivity contribution is 0.0386. The Balaban J connectivity index is 1.60. The summed E-state index contributed by atoms with van der Waals surface area (Å²) in [4.78, 5) is 4.69. The summed E-state index contributed by atoms with van der Waals surface area (Å²) in [5.41, 5.74) is 2.23. The standard InChI is InChI=1S/C25H31N3O3/c1-3-26-24(28-19-25(2,29)23-14-9-15-31-23)27-16-21-12-7-8-13-22(21)18-30-17-20-10-5-4-6-11-20/h4-15,29H,3,16-19H2,1-2H3,(H2,26,27,28). The van der Waals surface area contributed by atoms with Crippen LogP contribution in [0.15, 0.2) is 82.4 Å². The van der Waals surface area contributed by atoms with Gasteiger partial charge in [0.15, 0.2) is 5.96 Å². The van der Waals surface area contributed by atoms with Crippen molar-refractivity contribution in [2.75, 3.05) is 13.1 Å². The van der Waals surface area contributed by atoms with E-state index in [1.807, 2.05) is 37.3 Å². The molecule has 0 saturated carbocycles. The predicted octanol–water partition coefficient (Wildman–Crippen LogP) is 3.96. The first-order valence-electron chi connectivity index (χ1n) is 10.6. The molecule has 6 nitrogen and oxygen atoms in total. The van der Waals surface area contributed by atoms with Crippen LogP contribution < -0.4 is 10.6 Å². The minimum Gasteiger partial charge on any atom is -0.466 e. The fourth-order valence-electron chi connectivity index (χ4n) is 3.14. The zero-order chi connectivity index (χ0) is 21.9. The van der Waals surface area contributed by atoms with Gasteiger partial charge in [0, 0.05) is 6.54 Å². The van der Waals surface area contributed by atoms with Gasteiger partial charge < -0.3 is 24.9 Å². The van der Waals surface area contributed by atoms with Gasteiger partial charge in [-0.25, -0.2) is 4.99 Å². The zero-order valence-corrected chi connectivity index (χ0v) is 18.2. The third kappa shape index (κ3) is 6.98. The molecule has 1 heterocycles. The van der Waals surface area contributed by atoms with Gasteiger partial charge in [0.25, 0.3) is 0 Å². The first-order chi connectivity index (χ1) is 15.1. The number of nitrogens with zero attached hydrogens (tertiary/aromatic N) is 1. The second-order valence-electron chi connectivity index (χ2n) is 7.55. The number of rotatable bonds is 10. The van der Waals surface area contributed by atoms with E-state index in [0.717, 1.165) is 23.2 Å². The first-order valence-corrected chi connectivity index (χ1v) is 10.6. The van der Waals surface area contributed by atoms with Crippen molar-refractivity contribution in [1.82, 2.24) is 10.6 Å². The summed E-state index contributed by atoms with van der Waals surface area (Å²) in [6.45, 7) is 6.31. The van der Waals surface area contributed by atoms with Gasteiger partial charge in [-0.1, -0.05) is 54.6 Å². The number of ether oxygens (including phenoxy) is 1. The highest BCUT2D eigenvalue weighted by Gasteiger charge is 2.26. The van der Waals surface area contributed by atoms with Gasteiger partial charge in [-0.3, -0.25) is 0 Å². The van der Waals surface area contributed by atoms with Gasteiger partial charge >= 0.3 is 0 Å². The summed E-state index contributed by atoms with van der Waals surface area (Å²) in [7, 11) is 0. The molecule has 0 radical (unpaired) electrons. The Morgan fingerprint density at radius 3 is 2.42 bits per heavy atom.